The molecule has 1 aromatic rings. The zero-order valence-electron chi connectivity index (χ0n) is 12.2. The average molecular weight is 357 g/mol. The van der Waals surface area contributed by atoms with Crippen LogP contribution in [0.15, 0.2) is 15.9 Å². The highest BCUT2D eigenvalue weighted by Crippen LogP contribution is 2.41. The maximum absolute atomic E-state index is 6.38. The Balaban J connectivity index is 1.86. The van der Waals surface area contributed by atoms with E-state index < -0.39 is 0 Å². The van der Waals surface area contributed by atoms with Gasteiger partial charge in [0.05, 0.1) is 6.04 Å². The number of thiophene rings is 1. The molecule has 1 saturated carbocycles. The largest absolute Gasteiger partial charge is 0.326 e. The number of piperidine rings is 1. The lowest BCUT2D eigenvalue weighted by Crippen LogP contribution is -2.51. The Kier molecular flexibility index (Phi) is 4.86. The monoisotopic (exact) mass is 356 g/mol. The van der Waals surface area contributed by atoms with Crippen LogP contribution in [0.2, 0.25) is 0 Å². The lowest BCUT2D eigenvalue weighted by atomic mass is 9.77. The molecule has 112 valence electrons. The second-order valence-corrected chi connectivity index (χ2v) is 8.32. The summed E-state index contributed by atoms with van der Waals surface area (Å²) in [4.78, 5) is 4.18. The van der Waals surface area contributed by atoms with Gasteiger partial charge in [-0.15, -0.1) is 11.3 Å². The van der Waals surface area contributed by atoms with Crippen LogP contribution in [0.25, 0.3) is 0 Å². The number of hydrogen-bond acceptors (Lipinski definition) is 3. The quantitative estimate of drug-likeness (QED) is 0.860. The maximum atomic E-state index is 6.38. The van der Waals surface area contributed by atoms with Crippen molar-refractivity contribution in [2.75, 3.05) is 6.54 Å². The number of likely N-dealkylation sites (tertiary alicyclic amines) is 1. The Morgan fingerprint density at radius 1 is 1.30 bits per heavy atom. The number of fused-ring (bicyclic) bond motifs is 1. The molecule has 4 unspecified atom stereocenters. The minimum atomic E-state index is 0.196. The second kappa shape index (κ2) is 6.47. The van der Waals surface area contributed by atoms with E-state index in [4.69, 9.17) is 5.73 Å². The predicted molar refractivity (Wildman–Crippen MR) is 90.1 cm³/mol. The minimum absolute atomic E-state index is 0.196. The number of hydrogen-bond donors (Lipinski definition) is 1. The first-order valence-electron chi connectivity index (χ1n) is 7.92. The molecule has 0 amide bonds. The van der Waals surface area contributed by atoms with Crippen LogP contribution in [-0.4, -0.2) is 23.5 Å². The molecule has 1 saturated heterocycles. The lowest BCUT2D eigenvalue weighted by molar-refractivity contribution is 0.0190. The molecule has 2 fully saturated rings. The van der Waals surface area contributed by atoms with Crippen LogP contribution < -0.4 is 5.73 Å². The number of halogens is 1. The molecule has 1 aliphatic heterocycles. The van der Waals surface area contributed by atoms with Crippen LogP contribution in [0.3, 0.4) is 0 Å². The van der Waals surface area contributed by atoms with Gasteiger partial charge in [-0.1, -0.05) is 12.8 Å². The smallest absolute Gasteiger partial charge is 0.0593 e. The number of rotatable bonds is 3. The summed E-state index contributed by atoms with van der Waals surface area (Å²) in [5, 5.41) is 2.19. The van der Waals surface area contributed by atoms with E-state index in [0.29, 0.717) is 6.04 Å². The van der Waals surface area contributed by atoms with Crippen molar-refractivity contribution in [2.45, 2.75) is 63.6 Å². The standard InChI is InChI=1S/C16H25BrN2S/c1-11(18)16(15-9-13(17)10-20-15)19-8-4-6-12-5-2-3-7-14(12)19/h9-12,14,16H,2-8,18H2,1H3. The molecule has 4 atom stereocenters. The summed E-state index contributed by atoms with van der Waals surface area (Å²) in [6, 6.07) is 3.64. The van der Waals surface area contributed by atoms with Gasteiger partial charge in [-0.2, -0.15) is 0 Å². The summed E-state index contributed by atoms with van der Waals surface area (Å²) in [6.45, 7) is 3.40. The van der Waals surface area contributed by atoms with Gasteiger partial charge in [0.15, 0.2) is 0 Å². The van der Waals surface area contributed by atoms with E-state index in [1.807, 2.05) is 11.3 Å². The molecule has 0 spiro atoms. The summed E-state index contributed by atoms with van der Waals surface area (Å²) in [5.74, 6) is 0.919. The molecule has 20 heavy (non-hydrogen) atoms. The van der Waals surface area contributed by atoms with Gasteiger partial charge < -0.3 is 5.73 Å². The molecule has 1 aromatic heterocycles. The Hall–Kier alpha value is 0.1000. The van der Waals surface area contributed by atoms with E-state index in [1.165, 1.54) is 54.4 Å². The van der Waals surface area contributed by atoms with Crippen LogP contribution in [-0.2, 0) is 0 Å². The zero-order valence-corrected chi connectivity index (χ0v) is 14.6. The molecule has 2 nitrogen and oxygen atoms in total. The SMILES string of the molecule is CC(N)C(c1cc(Br)cs1)N1CCCC2CCCCC21. The molecular formula is C16H25BrN2S. The van der Waals surface area contributed by atoms with Crippen molar-refractivity contribution in [3.63, 3.8) is 0 Å². The van der Waals surface area contributed by atoms with Gasteiger partial charge in [0.1, 0.15) is 0 Å². The summed E-state index contributed by atoms with van der Waals surface area (Å²) in [6.07, 6.45) is 8.42. The third-order valence-corrected chi connectivity index (χ3v) is 6.78. The van der Waals surface area contributed by atoms with Crippen LogP contribution in [0, 0.1) is 5.92 Å². The van der Waals surface area contributed by atoms with Gasteiger partial charge in [0.2, 0.25) is 0 Å². The van der Waals surface area contributed by atoms with Crippen molar-refractivity contribution >= 4 is 27.3 Å². The van der Waals surface area contributed by atoms with E-state index >= 15 is 0 Å². The van der Waals surface area contributed by atoms with Crippen molar-refractivity contribution < 1.29 is 0 Å². The Morgan fingerprint density at radius 3 is 2.75 bits per heavy atom. The van der Waals surface area contributed by atoms with E-state index in [-0.39, 0.29) is 6.04 Å². The lowest BCUT2D eigenvalue weighted by Gasteiger charge is -2.48. The molecule has 2 aliphatic rings. The first-order valence-corrected chi connectivity index (χ1v) is 9.59. The average Bonchev–Trinajstić information content (AvgIpc) is 2.85. The topological polar surface area (TPSA) is 29.3 Å². The van der Waals surface area contributed by atoms with Gasteiger partial charge in [-0.05, 0) is 67.1 Å². The molecule has 2 N–H and O–H groups in total. The van der Waals surface area contributed by atoms with Gasteiger partial charge in [0.25, 0.3) is 0 Å². The molecular weight excluding hydrogens is 332 g/mol. The van der Waals surface area contributed by atoms with Crippen LogP contribution in [0.5, 0.6) is 0 Å². The Bertz CT molecular complexity index is 443. The summed E-state index contributed by atoms with van der Waals surface area (Å²) >= 11 is 5.44. The first kappa shape index (κ1) is 15.0. The van der Waals surface area contributed by atoms with Gasteiger partial charge in [-0.25, -0.2) is 0 Å². The first-order chi connectivity index (χ1) is 9.66. The summed E-state index contributed by atoms with van der Waals surface area (Å²) < 4.78 is 1.19. The fourth-order valence-electron chi connectivity index (χ4n) is 4.22. The van der Waals surface area contributed by atoms with Crippen molar-refractivity contribution in [1.29, 1.82) is 0 Å². The van der Waals surface area contributed by atoms with Gasteiger partial charge in [0, 0.05) is 26.8 Å². The third-order valence-electron chi connectivity index (χ3n) is 5.02. The summed E-state index contributed by atoms with van der Waals surface area (Å²) in [7, 11) is 0. The number of nitrogens with two attached hydrogens (primary N) is 1. The minimum Gasteiger partial charge on any atom is -0.326 e. The normalized spacial score (nSPS) is 30.8. The van der Waals surface area contributed by atoms with Gasteiger partial charge >= 0.3 is 0 Å². The Morgan fingerprint density at radius 2 is 2.05 bits per heavy atom. The zero-order chi connectivity index (χ0) is 14.1. The third kappa shape index (κ3) is 2.99. The van der Waals surface area contributed by atoms with Crippen LogP contribution in [0.4, 0.5) is 0 Å². The van der Waals surface area contributed by atoms with Crippen LogP contribution >= 0.6 is 27.3 Å². The highest BCUT2D eigenvalue weighted by Gasteiger charge is 2.38. The predicted octanol–water partition coefficient (Wildman–Crippen LogP) is 4.55. The van der Waals surface area contributed by atoms with Crippen molar-refractivity contribution in [3.8, 4) is 0 Å². The highest BCUT2D eigenvalue weighted by atomic mass is 79.9. The molecule has 1 aliphatic carbocycles. The van der Waals surface area contributed by atoms with Gasteiger partial charge in [-0.3, -0.25) is 4.90 Å². The fraction of sp³-hybridized carbons (Fsp3) is 0.750. The highest BCUT2D eigenvalue weighted by molar-refractivity contribution is 9.10. The van der Waals surface area contributed by atoms with Crippen molar-refractivity contribution in [3.05, 3.63) is 20.8 Å². The van der Waals surface area contributed by atoms with Crippen LogP contribution in [0.1, 0.15) is 56.4 Å². The van der Waals surface area contributed by atoms with E-state index in [9.17, 15) is 0 Å². The molecule has 0 radical (unpaired) electrons. The second-order valence-electron chi connectivity index (χ2n) is 6.46. The molecule has 0 aromatic carbocycles. The summed E-state index contributed by atoms with van der Waals surface area (Å²) in [5.41, 5.74) is 6.38. The molecule has 0 bridgehead atoms. The van der Waals surface area contributed by atoms with Crippen molar-refractivity contribution in [1.82, 2.24) is 4.90 Å². The maximum Gasteiger partial charge on any atom is 0.0593 e. The van der Waals surface area contributed by atoms with E-state index in [2.05, 4.69) is 39.2 Å². The van der Waals surface area contributed by atoms with E-state index in [1.54, 1.807) is 0 Å². The van der Waals surface area contributed by atoms with Crippen molar-refractivity contribution in [2.24, 2.45) is 11.7 Å². The molecule has 4 heteroatoms. The molecule has 2 heterocycles. The Labute approximate surface area is 134 Å². The fourth-order valence-corrected chi connectivity index (χ4v) is 5.90. The molecule has 3 rings (SSSR count). The van der Waals surface area contributed by atoms with E-state index in [0.717, 1.165) is 12.0 Å². The number of nitrogens with zero attached hydrogens (tertiary/aromatic N) is 1.